The molecule has 1 fully saturated rings. The van der Waals surface area contributed by atoms with Crippen molar-refractivity contribution in [2.45, 2.75) is 19.9 Å². The van der Waals surface area contributed by atoms with Gasteiger partial charge in [0.25, 0.3) is 5.91 Å². The summed E-state index contributed by atoms with van der Waals surface area (Å²) in [4.78, 5) is 23.4. The van der Waals surface area contributed by atoms with Crippen molar-refractivity contribution in [1.82, 2.24) is 20.3 Å². The topological polar surface area (TPSA) is 94.4 Å². The maximum absolute atomic E-state index is 12.9. The van der Waals surface area contributed by atoms with Crippen LogP contribution in [-0.2, 0) is 11.3 Å². The van der Waals surface area contributed by atoms with Gasteiger partial charge in [0.05, 0.1) is 17.7 Å². The van der Waals surface area contributed by atoms with Crippen LogP contribution in [0.25, 0.3) is 0 Å². The molecule has 152 valence electrons. The number of rotatable bonds is 7. The zero-order valence-corrected chi connectivity index (χ0v) is 17.9. The molecule has 0 spiro atoms. The first-order valence-corrected chi connectivity index (χ1v) is 10.3. The Labute approximate surface area is 178 Å². The van der Waals surface area contributed by atoms with Crippen LogP contribution >= 0.6 is 15.9 Å². The number of nitriles is 1. The summed E-state index contributed by atoms with van der Waals surface area (Å²) < 4.78 is 5.99. The van der Waals surface area contributed by atoms with E-state index >= 15 is 0 Å². The van der Waals surface area contributed by atoms with Crippen LogP contribution in [0.5, 0.6) is 0 Å². The Hall–Kier alpha value is -2.54. The van der Waals surface area contributed by atoms with Crippen molar-refractivity contribution in [3.63, 3.8) is 0 Å². The minimum Gasteiger partial charge on any atom is -0.379 e. The maximum Gasteiger partial charge on any atom is 0.269 e. The number of amides is 1. The Bertz CT molecular complexity index is 895. The third-order valence-electron chi connectivity index (χ3n) is 4.46. The molecule has 0 radical (unpaired) electrons. The van der Waals surface area contributed by atoms with Crippen LogP contribution in [-0.4, -0.2) is 53.6 Å². The molecule has 3 rings (SSSR count). The Kier molecular flexibility index (Phi) is 7.52. The summed E-state index contributed by atoms with van der Waals surface area (Å²) in [5.41, 5.74) is 4.56. The van der Waals surface area contributed by atoms with Gasteiger partial charge in [-0.3, -0.25) is 20.1 Å². The van der Waals surface area contributed by atoms with Crippen LogP contribution in [0.3, 0.4) is 0 Å². The highest BCUT2D eigenvalue weighted by Crippen LogP contribution is 2.22. The van der Waals surface area contributed by atoms with E-state index in [-0.39, 0.29) is 11.7 Å². The monoisotopic (exact) mass is 458 g/mol. The molecular weight excluding hydrogens is 436 g/mol. The smallest absolute Gasteiger partial charge is 0.269 e. The van der Waals surface area contributed by atoms with Gasteiger partial charge >= 0.3 is 0 Å². The van der Waals surface area contributed by atoms with Crippen molar-refractivity contribution in [3.8, 4) is 6.07 Å². The molecule has 1 aliphatic heterocycles. The Morgan fingerprint density at radius 2 is 2.21 bits per heavy atom. The van der Waals surface area contributed by atoms with E-state index in [9.17, 15) is 4.79 Å². The SMILES string of the molecule is CCCN(NC(=O)c1cccc(CN2CCOCC2)c1)c1nc(C#N)ncc1Br. The first-order chi connectivity index (χ1) is 14.1. The zero-order valence-electron chi connectivity index (χ0n) is 16.3. The predicted molar refractivity (Wildman–Crippen MR) is 112 cm³/mol. The molecule has 0 unspecified atom stereocenters. The predicted octanol–water partition coefficient (Wildman–Crippen LogP) is 2.50. The molecule has 0 saturated carbocycles. The lowest BCUT2D eigenvalue weighted by Crippen LogP contribution is -2.43. The second-order valence-corrected chi connectivity index (χ2v) is 7.51. The number of ether oxygens (including phenoxy) is 1. The normalized spacial score (nSPS) is 14.2. The summed E-state index contributed by atoms with van der Waals surface area (Å²) in [5, 5.41) is 10.7. The molecule has 1 aromatic heterocycles. The third kappa shape index (κ3) is 5.73. The summed E-state index contributed by atoms with van der Waals surface area (Å²) in [6.45, 7) is 6.59. The maximum atomic E-state index is 12.9. The Balaban J connectivity index is 1.75. The lowest BCUT2D eigenvalue weighted by Gasteiger charge is -2.27. The number of nitrogens with zero attached hydrogens (tertiary/aromatic N) is 5. The molecule has 1 N–H and O–H groups in total. The summed E-state index contributed by atoms with van der Waals surface area (Å²) >= 11 is 3.40. The minimum absolute atomic E-state index is 0.0473. The number of aromatic nitrogens is 2. The number of benzene rings is 1. The van der Waals surface area contributed by atoms with Gasteiger partial charge in [0.15, 0.2) is 5.82 Å². The fraction of sp³-hybridized carbons (Fsp3) is 0.400. The van der Waals surface area contributed by atoms with E-state index in [1.54, 1.807) is 11.1 Å². The van der Waals surface area contributed by atoms with Crippen LogP contribution in [0.4, 0.5) is 5.82 Å². The highest BCUT2D eigenvalue weighted by Gasteiger charge is 2.17. The summed E-state index contributed by atoms with van der Waals surface area (Å²) in [5.74, 6) is 0.272. The van der Waals surface area contributed by atoms with E-state index < -0.39 is 0 Å². The van der Waals surface area contributed by atoms with Crippen LogP contribution in [0.2, 0.25) is 0 Å². The molecule has 2 aromatic rings. The lowest BCUT2D eigenvalue weighted by atomic mass is 10.1. The number of hydrogen-bond acceptors (Lipinski definition) is 7. The number of halogens is 1. The molecule has 0 bridgehead atoms. The van der Waals surface area contributed by atoms with Gasteiger partial charge in [0, 0.05) is 37.9 Å². The molecular formula is C20H23BrN6O2. The fourth-order valence-corrected chi connectivity index (χ4v) is 3.46. The summed E-state index contributed by atoms with van der Waals surface area (Å²) in [6, 6.07) is 9.54. The molecule has 1 aromatic carbocycles. The second kappa shape index (κ2) is 10.3. The van der Waals surface area contributed by atoms with E-state index in [0.29, 0.717) is 22.4 Å². The van der Waals surface area contributed by atoms with Gasteiger partial charge < -0.3 is 4.74 Å². The lowest BCUT2D eigenvalue weighted by molar-refractivity contribution is 0.0342. The van der Waals surface area contributed by atoms with Crippen molar-refractivity contribution in [2.24, 2.45) is 0 Å². The Morgan fingerprint density at radius 3 is 2.93 bits per heavy atom. The summed E-state index contributed by atoms with van der Waals surface area (Å²) in [7, 11) is 0. The van der Waals surface area contributed by atoms with Crippen LogP contribution < -0.4 is 10.4 Å². The first kappa shape index (κ1) is 21.2. The molecule has 8 nitrogen and oxygen atoms in total. The molecule has 29 heavy (non-hydrogen) atoms. The van der Waals surface area contributed by atoms with Crippen LogP contribution in [0.1, 0.15) is 35.1 Å². The number of carbonyl (C=O) groups excluding carboxylic acids is 1. The average molecular weight is 459 g/mol. The highest BCUT2D eigenvalue weighted by molar-refractivity contribution is 9.10. The quantitative estimate of drug-likeness (QED) is 0.636. The van der Waals surface area contributed by atoms with E-state index in [0.717, 1.165) is 44.8 Å². The Morgan fingerprint density at radius 1 is 1.41 bits per heavy atom. The molecule has 0 atom stereocenters. The average Bonchev–Trinajstić information content (AvgIpc) is 2.75. The fourth-order valence-electron chi connectivity index (χ4n) is 3.06. The molecule has 1 saturated heterocycles. The van der Waals surface area contributed by atoms with Gasteiger partial charge in [0.2, 0.25) is 5.82 Å². The molecule has 0 aliphatic carbocycles. The zero-order chi connectivity index (χ0) is 20.6. The number of nitrogens with one attached hydrogen (secondary N) is 1. The minimum atomic E-state index is -0.230. The number of morpholine rings is 1. The second-order valence-electron chi connectivity index (χ2n) is 6.66. The molecule has 1 amide bonds. The van der Waals surface area contributed by atoms with Gasteiger partial charge in [0.1, 0.15) is 6.07 Å². The molecule has 1 aliphatic rings. The largest absolute Gasteiger partial charge is 0.379 e. The van der Waals surface area contributed by atoms with Crippen LogP contribution in [0.15, 0.2) is 34.9 Å². The standard InChI is InChI=1S/C20H23BrN6O2/c1-2-6-27(19-17(21)13-23-18(12-22)24-19)25-20(28)16-5-3-4-15(11-16)14-26-7-9-29-10-8-26/h3-5,11,13H,2,6-10,14H2,1H3,(H,25,28). The first-order valence-electron chi connectivity index (χ1n) is 9.51. The number of hydrogen-bond donors (Lipinski definition) is 1. The number of hydrazine groups is 1. The van der Waals surface area contributed by atoms with Crippen LogP contribution in [0, 0.1) is 11.3 Å². The van der Waals surface area contributed by atoms with Crippen molar-refractivity contribution in [3.05, 3.63) is 51.9 Å². The van der Waals surface area contributed by atoms with E-state index in [1.165, 1.54) is 6.20 Å². The van der Waals surface area contributed by atoms with Gasteiger partial charge in [-0.2, -0.15) is 10.2 Å². The molecule has 9 heteroatoms. The van der Waals surface area contributed by atoms with E-state index in [1.807, 2.05) is 31.2 Å². The van der Waals surface area contributed by atoms with Crippen molar-refractivity contribution < 1.29 is 9.53 Å². The van der Waals surface area contributed by atoms with Gasteiger partial charge in [-0.1, -0.05) is 19.1 Å². The van der Waals surface area contributed by atoms with Gasteiger partial charge in [-0.15, -0.1) is 0 Å². The van der Waals surface area contributed by atoms with Gasteiger partial charge in [-0.05, 0) is 40.0 Å². The number of anilines is 1. The molecule has 2 heterocycles. The van der Waals surface area contributed by atoms with E-state index in [2.05, 4.69) is 36.2 Å². The van der Waals surface area contributed by atoms with Crippen molar-refractivity contribution in [1.29, 1.82) is 5.26 Å². The van der Waals surface area contributed by atoms with Crippen molar-refractivity contribution in [2.75, 3.05) is 37.9 Å². The van der Waals surface area contributed by atoms with E-state index in [4.69, 9.17) is 10.00 Å². The third-order valence-corrected chi connectivity index (χ3v) is 5.02. The van der Waals surface area contributed by atoms with Crippen molar-refractivity contribution >= 4 is 27.7 Å². The highest BCUT2D eigenvalue weighted by atomic mass is 79.9. The van der Waals surface area contributed by atoms with Gasteiger partial charge in [-0.25, -0.2) is 4.98 Å². The number of carbonyl (C=O) groups is 1. The summed E-state index contributed by atoms with van der Waals surface area (Å²) in [6.07, 6.45) is 2.30.